The third-order valence-corrected chi connectivity index (χ3v) is 8.07. The largest absolute Gasteiger partial charge is 0.333 e. The number of carbonyl (C=O) groups excluding carboxylic acids is 2. The first-order valence-electron chi connectivity index (χ1n) is 10.8. The highest BCUT2D eigenvalue weighted by molar-refractivity contribution is 7.88. The van der Waals surface area contributed by atoms with Crippen LogP contribution < -0.4 is 0 Å². The molecule has 0 aromatic heterocycles. The summed E-state index contributed by atoms with van der Waals surface area (Å²) < 4.78 is 25.5. The number of likely N-dealkylation sites (tertiary alicyclic amines) is 2. The number of sulfonamides is 1. The van der Waals surface area contributed by atoms with Crippen molar-refractivity contribution in [2.45, 2.75) is 77.5 Å². The van der Waals surface area contributed by atoms with E-state index in [1.165, 1.54) is 19.3 Å². The number of rotatable bonds is 5. The molecule has 5 atom stereocenters. The Hall–Kier alpha value is -1.41. The Morgan fingerprint density at radius 2 is 1.79 bits per heavy atom. The summed E-state index contributed by atoms with van der Waals surface area (Å²) in [5, 5.41) is 0. The average Bonchev–Trinajstić information content (AvgIpc) is 3.12. The summed E-state index contributed by atoms with van der Waals surface area (Å²) in [6.07, 6.45) is 8.73. The van der Waals surface area contributed by atoms with Crippen molar-refractivity contribution < 1.29 is 18.0 Å². The number of fused-ring (bicyclic) bond motifs is 1. The fourth-order valence-corrected chi connectivity index (χ4v) is 6.67. The zero-order chi connectivity index (χ0) is 21.5. The fraction of sp³-hybridized carbons (Fsp3) is 0.810. The van der Waals surface area contributed by atoms with Gasteiger partial charge in [-0.1, -0.05) is 26.3 Å². The van der Waals surface area contributed by atoms with Gasteiger partial charge in [0.25, 0.3) is 0 Å². The van der Waals surface area contributed by atoms with E-state index < -0.39 is 22.0 Å². The Morgan fingerprint density at radius 3 is 2.34 bits per heavy atom. The molecular formula is C21H35N3O4S. The molecule has 8 heteroatoms. The van der Waals surface area contributed by atoms with Gasteiger partial charge in [0.1, 0.15) is 0 Å². The van der Waals surface area contributed by atoms with Crippen LogP contribution in [0, 0.1) is 11.8 Å². The maximum absolute atomic E-state index is 13.0. The van der Waals surface area contributed by atoms with Crippen LogP contribution in [0.1, 0.15) is 53.4 Å². The first-order valence-corrected chi connectivity index (χ1v) is 12.6. The van der Waals surface area contributed by atoms with Crippen molar-refractivity contribution in [2.75, 3.05) is 19.3 Å². The molecule has 0 aliphatic carbocycles. The van der Waals surface area contributed by atoms with Gasteiger partial charge in [-0.2, -0.15) is 0 Å². The quantitative estimate of drug-likeness (QED) is 0.628. The zero-order valence-corrected chi connectivity index (χ0v) is 19.1. The van der Waals surface area contributed by atoms with E-state index in [4.69, 9.17) is 0 Å². The summed E-state index contributed by atoms with van der Waals surface area (Å²) in [5.41, 5.74) is 0. The predicted octanol–water partition coefficient (Wildman–Crippen LogP) is 1.85. The second-order valence-corrected chi connectivity index (χ2v) is 11.1. The Bertz CT molecular complexity index is 769. The van der Waals surface area contributed by atoms with Gasteiger partial charge in [-0.15, -0.1) is 0 Å². The molecule has 3 aliphatic rings. The minimum atomic E-state index is -3.64. The molecule has 3 aliphatic heterocycles. The van der Waals surface area contributed by atoms with Gasteiger partial charge in [0.15, 0.2) is 0 Å². The highest BCUT2D eigenvalue weighted by atomic mass is 32.2. The maximum atomic E-state index is 13.0. The Morgan fingerprint density at radius 1 is 1.17 bits per heavy atom. The molecule has 0 aromatic rings. The van der Waals surface area contributed by atoms with E-state index in [1.54, 1.807) is 11.0 Å². The predicted molar refractivity (Wildman–Crippen MR) is 113 cm³/mol. The lowest BCUT2D eigenvalue weighted by molar-refractivity contribution is -0.131. The lowest BCUT2D eigenvalue weighted by Crippen LogP contribution is -2.44. The van der Waals surface area contributed by atoms with Crippen molar-refractivity contribution in [3.63, 3.8) is 0 Å². The highest BCUT2D eigenvalue weighted by Crippen LogP contribution is 2.41. The summed E-state index contributed by atoms with van der Waals surface area (Å²) in [7, 11) is -3.64. The number of hydrogen-bond donors (Lipinski definition) is 0. The summed E-state index contributed by atoms with van der Waals surface area (Å²) in [6.45, 7) is 9.51. The topological polar surface area (TPSA) is 78.0 Å². The molecule has 0 bridgehead atoms. The lowest BCUT2D eigenvalue weighted by Gasteiger charge is -2.38. The molecule has 3 heterocycles. The third-order valence-electron chi connectivity index (χ3n) is 6.90. The SMILES string of the molecule is CC(C)[C@H]1C(=O)N(S(C)(=O)=O)[C@H]2CCN(C(=O)/C=C/CN3C(C)CCCC3C)[C@H]12. The van der Waals surface area contributed by atoms with Gasteiger partial charge in [-0.3, -0.25) is 14.5 Å². The van der Waals surface area contributed by atoms with Crippen LogP contribution in [-0.4, -0.2) is 77.8 Å². The van der Waals surface area contributed by atoms with E-state index in [0.717, 1.165) is 17.1 Å². The van der Waals surface area contributed by atoms with Gasteiger partial charge in [-0.25, -0.2) is 12.7 Å². The molecule has 2 unspecified atom stereocenters. The molecule has 2 amide bonds. The second-order valence-electron chi connectivity index (χ2n) is 9.27. The molecular weight excluding hydrogens is 390 g/mol. The number of hydrogen-bond acceptors (Lipinski definition) is 5. The Labute approximate surface area is 175 Å². The first kappa shape index (κ1) is 22.3. The molecule has 0 N–H and O–H groups in total. The first-order chi connectivity index (χ1) is 13.5. The van der Waals surface area contributed by atoms with Gasteiger partial charge in [0.2, 0.25) is 21.8 Å². The van der Waals surface area contributed by atoms with E-state index in [0.29, 0.717) is 25.0 Å². The highest BCUT2D eigenvalue weighted by Gasteiger charge is 2.58. The van der Waals surface area contributed by atoms with Crippen molar-refractivity contribution in [3.05, 3.63) is 12.2 Å². The molecule has 164 valence electrons. The normalized spacial score (nSPS) is 33.9. The molecule has 0 radical (unpaired) electrons. The third kappa shape index (κ3) is 4.24. The molecule has 3 saturated heterocycles. The average molecular weight is 426 g/mol. The molecule has 0 spiro atoms. The van der Waals surface area contributed by atoms with Crippen molar-refractivity contribution in [1.29, 1.82) is 0 Å². The Kier molecular flexibility index (Phi) is 6.44. The number of carbonyl (C=O) groups is 2. The smallest absolute Gasteiger partial charge is 0.246 e. The van der Waals surface area contributed by atoms with Crippen molar-refractivity contribution >= 4 is 21.8 Å². The van der Waals surface area contributed by atoms with Gasteiger partial charge >= 0.3 is 0 Å². The van der Waals surface area contributed by atoms with Crippen LogP contribution in [0.25, 0.3) is 0 Å². The van der Waals surface area contributed by atoms with E-state index in [-0.39, 0.29) is 23.8 Å². The number of piperidine rings is 1. The molecule has 3 fully saturated rings. The van der Waals surface area contributed by atoms with Gasteiger partial charge in [0, 0.05) is 31.2 Å². The van der Waals surface area contributed by atoms with E-state index >= 15 is 0 Å². The van der Waals surface area contributed by atoms with Crippen LogP contribution in [-0.2, 0) is 19.6 Å². The molecule has 0 aromatic carbocycles. The van der Waals surface area contributed by atoms with Gasteiger partial charge in [0.05, 0.1) is 24.3 Å². The maximum Gasteiger partial charge on any atom is 0.246 e. The van der Waals surface area contributed by atoms with Crippen LogP contribution in [0.15, 0.2) is 12.2 Å². The lowest BCUT2D eigenvalue weighted by atomic mass is 9.88. The monoisotopic (exact) mass is 425 g/mol. The molecule has 29 heavy (non-hydrogen) atoms. The van der Waals surface area contributed by atoms with E-state index in [9.17, 15) is 18.0 Å². The minimum Gasteiger partial charge on any atom is -0.333 e. The van der Waals surface area contributed by atoms with Crippen LogP contribution in [0.5, 0.6) is 0 Å². The molecule has 0 saturated carbocycles. The number of amides is 2. The van der Waals surface area contributed by atoms with Crippen LogP contribution in [0.3, 0.4) is 0 Å². The van der Waals surface area contributed by atoms with E-state index in [1.807, 2.05) is 19.9 Å². The number of nitrogens with zero attached hydrogens (tertiary/aromatic N) is 3. The van der Waals surface area contributed by atoms with Crippen molar-refractivity contribution in [3.8, 4) is 0 Å². The second kappa shape index (κ2) is 8.38. The fourth-order valence-electron chi connectivity index (χ4n) is 5.50. The molecule has 7 nitrogen and oxygen atoms in total. The van der Waals surface area contributed by atoms with Gasteiger partial charge in [-0.05, 0) is 39.0 Å². The van der Waals surface area contributed by atoms with Crippen LogP contribution in [0.4, 0.5) is 0 Å². The summed E-state index contributed by atoms with van der Waals surface area (Å²) in [6, 6.07) is 0.207. The summed E-state index contributed by atoms with van der Waals surface area (Å²) in [4.78, 5) is 30.0. The Balaban J connectivity index is 1.74. The molecule has 3 rings (SSSR count). The summed E-state index contributed by atoms with van der Waals surface area (Å²) in [5.74, 6) is -0.996. The summed E-state index contributed by atoms with van der Waals surface area (Å²) >= 11 is 0. The van der Waals surface area contributed by atoms with Gasteiger partial charge < -0.3 is 4.90 Å². The standard InChI is InChI=1S/C21H35N3O4S/c1-14(2)19-20-17(24(21(19)26)29(5,27)28)11-13-23(20)18(25)10-7-12-22-15(3)8-6-9-16(22)4/h7,10,14-17,19-20H,6,8-9,11-13H2,1-5H3/b10-7+/t15?,16?,17-,19+,20-/m0/s1. The minimum absolute atomic E-state index is 0.0332. The van der Waals surface area contributed by atoms with E-state index in [2.05, 4.69) is 18.7 Å². The van der Waals surface area contributed by atoms with Crippen molar-refractivity contribution in [2.24, 2.45) is 11.8 Å². The van der Waals surface area contributed by atoms with Crippen molar-refractivity contribution in [1.82, 2.24) is 14.1 Å². The van der Waals surface area contributed by atoms with Crippen LogP contribution >= 0.6 is 0 Å². The van der Waals surface area contributed by atoms with Crippen LogP contribution in [0.2, 0.25) is 0 Å². The zero-order valence-electron chi connectivity index (χ0n) is 18.2.